The quantitative estimate of drug-likeness (QED) is 0.745. The summed E-state index contributed by atoms with van der Waals surface area (Å²) in [6.45, 7) is 8.27. The van der Waals surface area contributed by atoms with E-state index in [4.69, 9.17) is 0 Å². The molecule has 0 radical (unpaired) electrons. The van der Waals surface area contributed by atoms with Crippen molar-refractivity contribution >= 4 is 5.78 Å². The minimum absolute atomic E-state index is 0.0919. The van der Waals surface area contributed by atoms with Gasteiger partial charge in [-0.3, -0.25) is 9.69 Å². The SMILES string of the molecule is CC.C[C@@H]1C[C@H]2CC(=O)C3CCCN4CCC[C@@]32C4(O)C1. The lowest BCUT2D eigenvalue weighted by Gasteiger charge is -2.61. The predicted octanol–water partition coefficient (Wildman–Crippen LogP) is 3.21. The van der Waals surface area contributed by atoms with Crippen LogP contribution in [-0.4, -0.2) is 34.6 Å². The third kappa shape index (κ3) is 1.89. The predicted molar refractivity (Wildman–Crippen MR) is 83.8 cm³/mol. The van der Waals surface area contributed by atoms with E-state index in [1.165, 1.54) is 0 Å². The summed E-state index contributed by atoms with van der Waals surface area (Å²) in [7, 11) is 0. The number of rotatable bonds is 0. The van der Waals surface area contributed by atoms with Crippen molar-refractivity contribution < 1.29 is 9.90 Å². The maximum absolute atomic E-state index is 12.5. The molecule has 2 saturated carbocycles. The lowest BCUT2D eigenvalue weighted by molar-refractivity contribution is -0.264. The number of hydrogen-bond donors (Lipinski definition) is 1. The number of carbonyl (C=O) groups is 1. The van der Waals surface area contributed by atoms with Crippen LogP contribution in [-0.2, 0) is 4.79 Å². The molecule has 4 rings (SSSR count). The molecule has 0 amide bonds. The molecule has 21 heavy (non-hydrogen) atoms. The number of Topliss-reactive ketones (excluding diaryl/α,β-unsaturated/α-hetero) is 1. The molecule has 1 spiro atoms. The number of carbonyl (C=O) groups excluding carboxylic acids is 1. The van der Waals surface area contributed by atoms with Crippen molar-refractivity contribution in [2.75, 3.05) is 13.1 Å². The Labute approximate surface area is 129 Å². The van der Waals surface area contributed by atoms with Crippen molar-refractivity contribution in [3.63, 3.8) is 0 Å². The molecular formula is C18H31NO2. The summed E-state index contributed by atoms with van der Waals surface area (Å²) in [5, 5.41) is 11.6. The summed E-state index contributed by atoms with van der Waals surface area (Å²) in [6.07, 6.45) is 7.12. The number of piperidine rings is 1. The van der Waals surface area contributed by atoms with Crippen LogP contribution in [0.15, 0.2) is 0 Å². The Morgan fingerprint density at radius 3 is 2.71 bits per heavy atom. The van der Waals surface area contributed by atoms with Crippen LogP contribution in [0.3, 0.4) is 0 Å². The Balaban J connectivity index is 0.000000636. The highest BCUT2D eigenvalue weighted by molar-refractivity contribution is 5.85. The van der Waals surface area contributed by atoms with Crippen LogP contribution in [0.5, 0.6) is 0 Å². The average molecular weight is 293 g/mol. The summed E-state index contributed by atoms with van der Waals surface area (Å²) in [6, 6.07) is 0. The second-order valence-electron chi connectivity index (χ2n) is 7.55. The van der Waals surface area contributed by atoms with Gasteiger partial charge in [-0.2, -0.15) is 0 Å². The molecule has 2 aliphatic carbocycles. The smallest absolute Gasteiger partial charge is 0.137 e. The molecule has 0 aromatic rings. The molecule has 4 aliphatic rings. The van der Waals surface area contributed by atoms with Gasteiger partial charge < -0.3 is 5.11 Å². The maximum Gasteiger partial charge on any atom is 0.137 e. The van der Waals surface area contributed by atoms with Gasteiger partial charge in [-0.15, -0.1) is 0 Å². The van der Waals surface area contributed by atoms with E-state index >= 15 is 0 Å². The van der Waals surface area contributed by atoms with E-state index in [1.807, 2.05) is 13.8 Å². The van der Waals surface area contributed by atoms with Crippen LogP contribution in [0.25, 0.3) is 0 Å². The highest BCUT2D eigenvalue weighted by Gasteiger charge is 2.69. The normalized spacial score (nSPS) is 51.5. The first-order valence-electron chi connectivity index (χ1n) is 9.08. The third-order valence-electron chi connectivity index (χ3n) is 6.71. The Hall–Kier alpha value is -0.410. The fraction of sp³-hybridized carbons (Fsp3) is 0.944. The van der Waals surface area contributed by atoms with Gasteiger partial charge in [-0.1, -0.05) is 20.8 Å². The van der Waals surface area contributed by atoms with E-state index < -0.39 is 5.72 Å². The Kier molecular flexibility index (Phi) is 3.94. The van der Waals surface area contributed by atoms with Crippen molar-refractivity contribution in [2.45, 2.75) is 71.4 Å². The van der Waals surface area contributed by atoms with E-state index in [2.05, 4.69) is 11.8 Å². The van der Waals surface area contributed by atoms with Gasteiger partial charge >= 0.3 is 0 Å². The minimum atomic E-state index is -0.680. The highest BCUT2D eigenvalue weighted by atomic mass is 16.3. The summed E-state index contributed by atoms with van der Waals surface area (Å²) in [5.74, 6) is 1.61. The largest absolute Gasteiger partial charge is 0.375 e. The molecule has 1 N–H and O–H groups in total. The van der Waals surface area contributed by atoms with Crippen molar-refractivity contribution in [1.82, 2.24) is 4.90 Å². The van der Waals surface area contributed by atoms with Crippen molar-refractivity contribution in [1.29, 1.82) is 0 Å². The summed E-state index contributed by atoms with van der Waals surface area (Å²) >= 11 is 0. The minimum Gasteiger partial charge on any atom is -0.375 e. The zero-order chi connectivity index (χ0) is 15.3. The average Bonchev–Trinajstić information content (AvgIpc) is 2.70. The van der Waals surface area contributed by atoms with Gasteiger partial charge in [0.05, 0.1) is 0 Å². The molecule has 0 aromatic heterocycles. The molecule has 120 valence electrons. The molecule has 2 bridgehead atoms. The summed E-state index contributed by atoms with van der Waals surface area (Å²) in [5.41, 5.74) is -0.772. The zero-order valence-electron chi connectivity index (χ0n) is 13.9. The number of hydrogen-bond acceptors (Lipinski definition) is 3. The number of nitrogens with zero attached hydrogens (tertiary/aromatic N) is 1. The Morgan fingerprint density at radius 1 is 1.24 bits per heavy atom. The van der Waals surface area contributed by atoms with Gasteiger partial charge in [0.15, 0.2) is 0 Å². The molecule has 3 unspecified atom stereocenters. The van der Waals surface area contributed by atoms with Gasteiger partial charge in [0.25, 0.3) is 0 Å². The first-order chi connectivity index (χ1) is 10.1. The molecule has 4 fully saturated rings. The van der Waals surface area contributed by atoms with E-state index in [9.17, 15) is 9.90 Å². The Morgan fingerprint density at radius 2 is 1.95 bits per heavy atom. The topological polar surface area (TPSA) is 40.5 Å². The van der Waals surface area contributed by atoms with E-state index in [-0.39, 0.29) is 11.3 Å². The fourth-order valence-electron chi connectivity index (χ4n) is 6.23. The molecule has 2 heterocycles. The van der Waals surface area contributed by atoms with Gasteiger partial charge in [0.2, 0.25) is 0 Å². The Bertz CT molecular complexity index is 423. The molecule has 2 aliphatic heterocycles. The van der Waals surface area contributed by atoms with Gasteiger partial charge in [0.1, 0.15) is 11.5 Å². The lowest BCUT2D eigenvalue weighted by Crippen LogP contribution is -2.68. The molecule has 0 aromatic carbocycles. The fourth-order valence-corrected chi connectivity index (χ4v) is 6.23. The molecule has 2 saturated heterocycles. The molecular weight excluding hydrogens is 262 g/mol. The zero-order valence-corrected chi connectivity index (χ0v) is 13.9. The van der Waals surface area contributed by atoms with Crippen LogP contribution in [0, 0.1) is 23.2 Å². The van der Waals surface area contributed by atoms with Crippen molar-refractivity contribution in [2.24, 2.45) is 23.2 Å². The second-order valence-corrected chi connectivity index (χ2v) is 7.55. The van der Waals surface area contributed by atoms with E-state index in [1.54, 1.807) is 0 Å². The van der Waals surface area contributed by atoms with Gasteiger partial charge in [-0.05, 0) is 50.4 Å². The van der Waals surface area contributed by atoms with E-state index in [0.717, 1.165) is 58.0 Å². The third-order valence-corrected chi connectivity index (χ3v) is 6.71. The van der Waals surface area contributed by atoms with Gasteiger partial charge in [-0.25, -0.2) is 0 Å². The highest BCUT2D eigenvalue weighted by Crippen LogP contribution is 2.66. The first-order valence-corrected chi connectivity index (χ1v) is 9.08. The van der Waals surface area contributed by atoms with Crippen LogP contribution in [0.1, 0.15) is 65.7 Å². The van der Waals surface area contributed by atoms with Crippen molar-refractivity contribution in [3.05, 3.63) is 0 Å². The van der Waals surface area contributed by atoms with Crippen LogP contribution in [0.4, 0.5) is 0 Å². The molecule has 6 atom stereocenters. The summed E-state index contributed by atoms with van der Waals surface area (Å²) < 4.78 is 0. The number of ketones is 1. The lowest BCUT2D eigenvalue weighted by atomic mass is 9.53. The van der Waals surface area contributed by atoms with Crippen LogP contribution < -0.4 is 0 Å². The van der Waals surface area contributed by atoms with Gasteiger partial charge in [0, 0.05) is 30.8 Å². The first kappa shape index (κ1) is 15.5. The maximum atomic E-state index is 12.5. The number of aliphatic hydroxyl groups is 1. The van der Waals surface area contributed by atoms with Crippen molar-refractivity contribution in [3.8, 4) is 0 Å². The van der Waals surface area contributed by atoms with Crippen LogP contribution >= 0.6 is 0 Å². The molecule has 3 nitrogen and oxygen atoms in total. The molecule has 3 heteroatoms. The van der Waals surface area contributed by atoms with Crippen LogP contribution in [0.2, 0.25) is 0 Å². The summed E-state index contributed by atoms with van der Waals surface area (Å²) in [4.78, 5) is 14.9. The van der Waals surface area contributed by atoms with E-state index in [0.29, 0.717) is 17.6 Å². The standard InChI is InChI=1S/C16H25NO2.C2H6/c1-11-8-12-9-14(18)13-4-2-6-17-7-3-5-15(12,13)16(17,19)10-11;1-2/h11-13,19H,2-10H2,1H3;1-2H3/t11-,12+,13?,15+,16?;/m1./s1. The monoisotopic (exact) mass is 293 g/mol. The second kappa shape index (κ2) is 5.34.